The van der Waals surface area contributed by atoms with E-state index in [1.807, 2.05) is 42.5 Å². The Morgan fingerprint density at radius 3 is 2.57 bits per heavy atom. The molecule has 0 radical (unpaired) electrons. The molecule has 1 aliphatic carbocycles. The molecule has 0 saturated carbocycles. The maximum Gasteiger partial charge on any atom is 0.167 e. The van der Waals surface area contributed by atoms with E-state index in [0.29, 0.717) is 18.4 Å². The molecule has 1 unspecified atom stereocenters. The van der Waals surface area contributed by atoms with Crippen molar-refractivity contribution >= 4 is 11.9 Å². The molecule has 3 nitrogen and oxygen atoms in total. The van der Waals surface area contributed by atoms with E-state index in [-0.39, 0.29) is 23.2 Å². The van der Waals surface area contributed by atoms with Gasteiger partial charge in [0.05, 0.1) is 0 Å². The van der Waals surface area contributed by atoms with Gasteiger partial charge in [-0.25, -0.2) is 0 Å². The maximum atomic E-state index is 12.3. The number of rotatable bonds is 3. The molecule has 2 aromatic carbocycles. The first-order valence-corrected chi connectivity index (χ1v) is 6.96. The summed E-state index contributed by atoms with van der Waals surface area (Å²) in [6.45, 7) is 0. The van der Waals surface area contributed by atoms with E-state index in [0.717, 1.165) is 11.1 Å². The van der Waals surface area contributed by atoms with E-state index in [4.69, 9.17) is 0 Å². The molecule has 21 heavy (non-hydrogen) atoms. The minimum absolute atomic E-state index is 0.0398. The van der Waals surface area contributed by atoms with Crippen molar-refractivity contribution in [3.8, 4) is 11.5 Å². The maximum absolute atomic E-state index is 12.3. The summed E-state index contributed by atoms with van der Waals surface area (Å²) in [5.74, 6) is -0.469. The van der Waals surface area contributed by atoms with Gasteiger partial charge in [-0.1, -0.05) is 42.5 Å². The zero-order valence-corrected chi connectivity index (χ0v) is 11.5. The van der Waals surface area contributed by atoms with E-state index < -0.39 is 0 Å². The average Bonchev–Trinajstić information content (AvgIpc) is 2.77. The first-order chi connectivity index (χ1) is 10.1. The Kier molecular flexibility index (Phi) is 3.48. The van der Waals surface area contributed by atoms with Crippen LogP contribution in [0.5, 0.6) is 11.5 Å². The summed E-state index contributed by atoms with van der Waals surface area (Å²) in [6.07, 6.45) is 5.28. The third-order valence-corrected chi connectivity index (χ3v) is 3.83. The number of ketones is 1. The topological polar surface area (TPSA) is 57.5 Å². The fraction of sp³-hybridized carbons (Fsp3) is 0.167. The molecular formula is C18H16O3. The monoisotopic (exact) mass is 280 g/mol. The summed E-state index contributed by atoms with van der Waals surface area (Å²) >= 11 is 0. The second kappa shape index (κ2) is 5.44. The molecule has 3 rings (SSSR count). The number of phenolic OH excluding ortho intramolecular Hbond substituents is 2. The highest BCUT2D eigenvalue weighted by atomic mass is 16.3. The van der Waals surface area contributed by atoms with Gasteiger partial charge in [0.25, 0.3) is 0 Å². The van der Waals surface area contributed by atoms with Gasteiger partial charge in [0, 0.05) is 11.5 Å². The second-order valence-corrected chi connectivity index (χ2v) is 5.31. The average molecular weight is 280 g/mol. The number of benzene rings is 2. The number of carbonyl (C=O) groups is 1. The van der Waals surface area contributed by atoms with Gasteiger partial charge in [-0.3, -0.25) is 4.79 Å². The fourth-order valence-electron chi connectivity index (χ4n) is 2.72. The van der Waals surface area contributed by atoms with Gasteiger partial charge in [-0.05, 0) is 36.1 Å². The zero-order chi connectivity index (χ0) is 14.8. The first-order valence-electron chi connectivity index (χ1n) is 6.96. The third-order valence-electron chi connectivity index (χ3n) is 3.83. The molecule has 1 aliphatic rings. The molecule has 3 heteroatoms. The number of Topliss-reactive ketones (excluding diaryl/α,β-unsaturated/α-hetero) is 1. The molecule has 1 atom stereocenters. The first kappa shape index (κ1) is 13.4. The number of hydrogen-bond donors (Lipinski definition) is 2. The normalized spacial score (nSPS) is 17.3. The van der Waals surface area contributed by atoms with E-state index in [1.54, 1.807) is 0 Å². The van der Waals surface area contributed by atoms with Gasteiger partial charge in [-0.2, -0.15) is 0 Å². The van der Waals surface area contributed by atoms with Crippen molar-refractivity contribution < 1.29 is 15.0 Å². The van der Waals surface area contributed by atoms with Crippen LogP contribution in [0, 0.1) is 5.92 Å². The molecule has 0 amide bonds. The van der Waals surface area contributed by atoms with Crippen LogP contribution in [0.4, 0.5) is 0 Å². The molecule has 0 heterocycles. The molecular weight excluding hydrogens is 264 g/mol. The quantitative estimate of drug-likeness (QED) is 0.845. The Labute approximate surface area is 123 Å². The van der Waals surface area contributed by atoms with Gasteiger partial charge in [0.2, 0.25) is 0 Å². The van der Waals surface area contributed by atoms with Gasteiger partial charge < -0.3 is 10.2 Å². The molecule has 0 aliphatic heterocycles. The highest BCUT2D eigenvalue weighted by molar-refractivity contribution is 6.03. The largest absolute Gasteiger partial charge is 0.504 e. The number of aromatic hydroxyl groups is 2. The molecule has 106 valence electrons. The number of hydrogen-bond acceptors (Lipinski definition) is 3. The lowest BCUT2D eigenvalue weighted by molar-refractivity contribution is 0.0937. The Hall–Kier alpha value is -2.55. The van der Waals surface area contributed by atoms with E-state index in [1.165, 1.54) is 12.1 Å². The Morgan fingerprint density at radius 1 is 1.10 bits per heavy atom. The van der Waals surface area contributed by atoms with E-state index in [2.05, 4.69) is 0 Å². The summed E-state index contributed by atoms with van der Waals surface area (Å²) in [5.41, 5.74) is 2.45. The zero-order valence-electron chi connectivity index (χ0n) is 11.5. The lowest BCUT2D eigenvalue weighted by Gasteiger charge is -2.02. The number of carbonyl (C=O) groups excluding carboxylic acids is 1. The number of allylic oxidation sites excluding steroid dienone is 1. The van der Waals surface area contributed by atoms with Crippen LogP contribution in [-0.4, -0.2) is 16.0 Å². The summed E-state index contributed by atoms with van der Waals surface area (Å²) < 4.78 is 0. The molecule has 0 bridgehead atoms. The lowest BCUT2D eigenvalue weighted by atomic mass is 10.0. The molecule has 2 aromatic rings. The van der Waals surface area contributed by atoms with Crippen molar-refractivity contribution in [1.29, 1.82) is 0 Å². The second-order valence-electron chi connectivity index (χ2n) is 5.31. The van der Waals surface area contributed by atoms with Crippen LogP contribution in [0.1, 0.15) is 27.9 Å². The van der Waals surface area contributed by atoms with E-state index in [9.17, 15) is 15.0 Å². The van der Waals surface area contributed by atoms with Crippen LogP contribution in [0.15, 0.2) is 48.5 Å². The highest BCUT2D eigenvalue weighted by Gasteiger charge is 2.30. The van der Waals surface area contributed by atoms with Crippen LogP contribution in [-0.2, 0) is 6.42 Å². The van der Waals surface area contributed by atoms with Crippen molar-refractivity contribution in [1.82, 2.24) is 0 Å². The van der Waals surface area contributed by atoms with Gasteiger partial charge in [0.15, 0.2) is 17.3 Å². The minimum Gasteiger partial charge on any atom is -0.504 e. The molecule has 0 spiro atoms. The predicted molar refractivity (Wildman–Crippen MR) is 81.4 cm³/mol. The predicted octanol–water partition coefficient (Wildman–Crippen LogP) is 3.56. The molecule has 0 saturated heterocycles. The van der Waals surface area contributed by atoms with Crippen LogP contribution < -0.4 is 0 Å². The van der Waals surface area contributed by atoms with Crippen molar-refractivity contribution in [2.45, 2.75) is 12.8 Å². The fourth-order valence-corrected chi connectivity index (χ4v) is 2.72. The smallest absolute Gasteiger partial charge is 0.167 e. The number of fused-ring (bicyclic) bond motifs is 1. The van der Waals surface area contributed by atoms with Gasteiger partial charge in [-0.15, -0.1) is 0 Å². The van der Waals surface area contributed by atoms with Crippen LogP contribution in [0.25, 0.3) is 6.08 Å². The Morgan fingerprint density at radius 2 is 1.81 bits per heavy atom. The summed E-state index contributed by atoms with van der Waals surface area (Å²) in [5, 5.41) is 19.0. The Balaban J connectivity index is 1.72. The Bertz CT molecular complexity index is 702. The summed E-state index contributed by atoms with van der Waals surface area (Å²) in [4.78, 5) is 12.3. The van der Waals surface area contributed by atoms with Crippen LogP contribution >= 0.6 is 0 Å². The van der Waals surface area contributed by atoms with Crippen LogP contribution in [0.2, 0.25) is 0 Å². The van der Waals surface area contributed by atoms with Gasteiger partial charge >= 0.3 is 0 Å². The molecule has 0 aromatic heterocycles. The van der Waals surface area contributed by atoms with E-state index >= 15 is 0 Å². The van der Waals surface area contributed by atoms with Crippen molar-refractivity contribution in [3.63, 3.8) is 0 Å². The van der Waals surface area contributed by atoms with Crippen LogP contribution in [0.3, 0.4) is 0 Å². The third kappa shape index (κ3) is 2.68. The molecule has 2 N–H and O–H groups in total. The minimum atomic E-state index is -0.234. The van der Waals surface area contributed by atoms with Crippen molar-refractivity contribution in [3.05, 3.63) is 65.2 Å². The molecule has 0 fully saturated rings. The summed E-state index contributed by atoms with van der Waals surface area (Å²) in [6, 6.07) is 12.8. The van der Waals surface area contributed by atoms with Crippen molar-refractivity contribution in [2.24, 2.45) is 5.92 Å². The number of phenols is 2. The van der Waals surface area contributed by atoms with Crippen molar-refractivity contribution in [2.75, 3.05) is 0 Å². The SMILES string of the molecule is O=C1c2cc(O)c(O)cc2CC1C/C=C/c1ccccc1. The van der Waals surface area contributed by atoms with Gasteiger partial charge in [0.1, 0.15) is 0 Å². The lowest BCUT2D eigenvalue weighted by Crippen LogP contribution is -2.07. The highest BCUT2D eigenvalue weighted by Crippen LogP contribution is 2.36. The summed E-state index contributed by atoms with van der Waals surface area (Å²) in [7, 11) is 0. The standard InChI is InChI=1S/C18H16O3/c19-16-10-14-9-13(18(21)15(14)11-17(16)20)8-4-7-12-5-2-1-3-6-12/h1-7,10-11,13,19-20H,8-9H2/b7-4+.